The fourth-order valence-corrected chi connectivity index (χ4v) is 4.35. The molecule has 10 heteroatoms. The van der Waals surface area contributed by atoms with Crippen LogP contribution >= 0.6 is 0 Å². The highest BCUT2D eigenvalue weighted by atomic mass is 32.2. The van der Waals surface area contributed by atoms with Crippen LogP contribution in [-0.2, 0) is 14.8 Å². The van der Waals surface area contributed by atoms with Crippen LogP contribution in [0.3, 0.4) is 0 Å². The Bertz CT molecular complexity index is 1050. The van der Waals surface area contributed by atoms with Gasteiger partial charge in [0.15, 0.2) is 0 Å². The molecule has 0 saturated carbocycles. The molecule has 3 N–H and O–H groups in total. The van der Waals surface area contributed by atoms with Gasteiger partial charge in [-0.3, -0.25) is 15.6 Å². The molecule has 2 aromatic rings. The smallest absolute Gasteiger partial charge is 0.269 e. The van der Waals surface area contributed by atoms with Crippen molar-refractivity contribution in [3.05, 3.63) is 60.2 Å². The van der Waals surface area contributed by atoms with E-state index in [2.05, 4.69) is 17.4 Å². The summed E-state index contributed by atoms with van der Waals surface area (Å²) in [5.41, 5.74) is 5.86. The predicted octanol–water partition coefficient (Wildman–Crippen LogP) is 1.33. The third-order valence-electron chi connectivity index (χ3n) is 4.56. The van der Waals surface area contributed by atoms with Gasteiger partial charge in [0, 0.05) is 30.3 Å². The second kappa shape index (κ2) is 9.16. The van der Waals surface area contributed by atoms with Crippen LogP contribution in [0.1, 0.15) is 15.9 Å². The summed E-state index contributed by atoms with van der Waals surface area (Å²) < 4.78 is 37.1. The maximum Gasteiger partial charge on any atom is 0.269 e. The molecule has 160 valence electrons. The Morgan fingerprint density at radius 2 is 1.90 bits per heavy atom. The van der Waals surface area contributed by atoms with Crippen LogP contribution in [0, 0.1) is 0 Å². The molecular formula is C20H23N3O6S. The molecule has 0 spiro atoms. The average Bonchev–Trinajstić information content (AvgIpc) is 2.77. The first-order valence-corrected chi connectivity index (χ1v) is 10.6. The summed E-state index contributed by atoms with van der Waals surface area (Å²) in [6.07, 6.45) is 0. The van der Waals surface area contributed by atoms with E-state index < -0.39 is 15.9 Å². The van der Waals surface area contributed by atoms with E-state index in [0.29, 0.717) is 24.5 Å². The Hall–Kier alpha value is -3.08. The van der Waals surface area contributed by atoms with Crippen molar-refractivity contribution < 1.29 is 27.8 Å². The van der Waals surface area contributed by atoms with Gasteiger partial charge in [0.2, 0.25) is 10.0 Å². The summed E-state index contributed by atoms with van der Waals surface area (Å²) >= 11 is 0. The number of methoxy groups -OCH3 is 1. The number of amides is 1. The molecule has 1 heterocycles. The topological polar surface area (TPSA) is 117 Å². The Morgan fingerprint density at radius 1 is 1.17 bits per heavy atom. The van der Waals surface area contributed by atoms with E-state index in [-0.39, 0.29) is 35.0 Å². The van der Waals surface area contributed by atoms with E-state index in [4.69, 9.17) is 9.47 Å². The lowest BCUT2D eigenvalue weighted by Gasteiger charge is -2.26. The van der Waals surface area contributed by atoms with Crippen molar-refractivity contribution in [3.8, 4) is 11.5 Å². The van der Waals surface area contributed by atoms with Crippen molar-refractivity contribution in [2.75, 3.05) is 33.4 Å². The summed E-state index contributed by atoms with van der Waals surface area (Å²) in [5.74, 6) is -0.144. The third kappa shape index (κ3) is 4.73. The number of aromatic hydroxyl groups is 1. The highest BCUT2D eigenvalue weighted by Gasteiger charge is 2.26. The monoisotopic (exact) mass is 433 g/mol. The van der Waals surface area contributed by atoms with Gasteiger partial charge in [0.05, 0.1) is 30.9 Å². The number of carbonyl (C=O) groups excluding carboxylic acids is 1. The number of rotatable bonds is 7. The van der Waals surface area contributed by atoms with Crippen LogP contribution in [0.15, 0.2) is 53.9 Å². The van der Waals surface area contributed by atoms with Gasteiger partial charge in [-0.25, -0.2) is 8.42 Å². The molecule has 0 radical (unpaired) electrons. The molecule has 0 bridgehead atoms. The molecule has 0 aromatic heterocycles. The lowest BCUT2D eigenvalue weighted by atomic mass is 10.1. The first kappa shape index (κ1) is 21.6. The van der Waals surface area contributed by atoms with Gasteiger partial charge in [0.1, 0.15) is 11.5 Å². The molecule has 1 fully saturated rings. The number of benzene rings is 2. The van der Waals surface area contributed by atoms with Crippen molar-refractivity contribution in [1.82, 2.24) is 15.2 Å². The van der Waals surface area contributed by atoms with Gasteiger partial charge in [-0.1, -0.05) is 12.6 Å². The zero-order chi connectivity index (χ0) is 21.7. The highest BCUT2D eigenvalue weighted by molar-refractivity contribution is 7.89. The van der Waals surface area contributed by atoms with Crippen molar-refractivity contribution >= 4 is 21.6 Å². The largest absolute Gasteiger partial charge is 0.507 e. The first-order valence-electron chi connectivity index (χ1n) is 9.13. The van der Waals surface area contributed by atoms with Crippen molar-refractivity contribution in [3.63, 3.8) is 0 Å². The van der Waals surface area contributed by atoms with Crippen molar-refractivity contribution in [1.29, 1.82) is 0 Å². The van der Waals surface area contributed by atoms with Crippen LogP contribution in [0.5, 0.6) is 11.5 Å². The number of ether oxygens (including phenoxy) is 2. The zero-order valence-corrected chi connectivity index (χ0v) is 17.2. The van der Waals surface area contributed by atoms with Gasteiger partial charge < -0.3 is 14.6 Å². The number of hydrogen-bond donors (Lipinski definition) is 3. The van der Waals surface area contributed by atoms with Crippen LogP contribution in [0.25, 0.3) is 5.70 Å². The predicted molar refractivity (Wildman–Crippen MR) is 110 cm³/mol. The number of morpholine rings is 1. The molecule has 0 aliphatic carbocycles. The van der Waals surface area contributed by atoms with Crippen LogP contribution in [-0.4, -0.2) is 57.1 Å². The molecule has 1 aliphatic heterocycles. The zero-order valence-electron chi connectivity index (χ0n) is 16.4. The Balaban J connectivity index is 1.69. The number of nitrogens with one attached hydrogen (secondary N) is 2. The van der Waals surface area contributed by atoms with Crippen LogP contribution in [0.4, 0.5) is 0 Å². The number of hydrogen-bond acceptors (Lipinski definition) is 7. The maximum absolute atomic E-state index is 12.8. The summed E-state index contributed by atoms with van der Waals surface area (Å²) in [6, 6.07) is 10.4. The minimum absolute atomic E-state index is 0.0312. The molecule has 0 unspecified atom stereocenters. The first-order chi connectivity index (χ1) is 14.3. The van der Waals surface area contributed by atoms with Crippen LogP contribution in [0.2, 0.25) is 0 Å². The van der Waals surface area contributed by atoms with E-state index in [1.54, 1.807) is 12.1 Å². The van der Waals surface area contributed by atoms with E-state index in [0.717, 1.165) is 0 Å². The van der Waals surface area contributed by atoms with E-state index in [1.165, 1.54) is 41.7 Å². The highest BCUT2D eigenvalue weighted by Crippen LogP contribution is 2.27. The molecule has 30 heavy (non-hydrogen) atoms. The number of hydrazine groups is 1. The Kier molecular flexibility index (Phi) is 6.60. The molecule has 9 nitrogen and oxygen atoms in total. The van der Waals surface area contributed by atoms with Crippen molar-refractivity contribution in [2.24, 2.45) is 0 Å². The van der Waals surface area contributed by atoms with Gasteiger partial charge in [-0.15, -0.1) is 0 Å². The van der Waals surface area contributed by atoms with Gasteiger partial charge in [-0.05, 0) is 30.3 Å². The number of phenols is 1. The SMILES string of the molecule is C=C(NNC(=O)c1cccc(S(=O)(=O)N2CCOCC2)c1)c1ccc(OC)cc1O. The number of nitrogens with zero attached hydrogens (tertiary/aromatic N) is 1. The van der Waals surface area contributed by atoms with E-state index in [9.17, 15) is 18.3 Å². The van der Waals surface area contributed by atoms with E-state index >= 15 is 0 Å². The summed E-state index contributed by atoms with van der Waals surface area (Å²) in [7, 11) is -2.23. The van der Waals surface area contributed by atoms with E-state index in [1.807, 2.05) is 0 Å². The molecule has 3 rings (SSSR count). The normalized spacial score (nSPS) is 14.7. The summed E-state index contributed by atoms with van der Waals surface area (Å²) in [6.45, 7) is 5.00. The molecule has 2 aromatic carbocycles. The minimum atomic E-state index is -3.71. The third-order valence-corrected chi connectivity index (χ3v) is 6.46. The Morgan fingerprint density at radius 3 is 2.57 bits per heavy atom. The molecular weight excluding hydrogens is 410 g/mol. The number of carbonyl (C=O) groups is 1. The quantitative estimate of drug-likeness (QED) is 0.564. The number of phenolic OH excluding ortho intramolecular Hbond substituents is 1. The standard InChI is InChI=1S/C20H23N3O6S/c1-14(18-7-6-16(28-2)13-19(18)24)21-22-20(25)15-4-3-5-17(12-15)30(26,27)23-8-10-29-11-9-23/h3-7,12-13,21,24H,1,8-11H2,2H3,(H,22,25). The molecule has 0 atom stereocenters. The lowest BCUT2D eigenvalue weighted by molar-refractivity contribution is 0.0730. The van der Waals surface area contributed by atoms with Gasteiger partial charge >= 0.3 is 0 Å². The Labute approximate surface area is 174 Å². The average molecular weight is 433 g/mol. The molecule has 1 saturated heterocycles. The van der Waals surface area contributed by atoms with Gasteiger partial charge in [0.25, 0.3) is 5.91 Å². The molecule has 1 aliphatic rings. The van der Waals surface area contributed by atoms with Gasteiger partial charge in [-0.2, -0.15) is 4.31 Å². The fourth-order valence-electron chi connectivity index (χ4n) is 2.90. The maximum atomic E-state index is 12.8. The summed E-state index contributed by atoms with van der Waals surface area (Å²) in [5, 5.41) is 10.1. The molecule has 1 amide bonds. The van der Waals surface area contributed by atoms with Crippen LogP contribution < -0.4 is 15.6 Å². The second-order valence-electron chi connectivity index (χ2n) is 6.49. The fraction of sp³-hybridized carbons (Fsp3) is 0.250. The van der Waals surface area contributed by atoms with Crippen molar-refractivity contribution in [2.45, 2.75) is 4.90 Å². The second-order valence-corrected chi connectivity index (χ2v) is 8.42. The minimum Gasteiger partial charge on any atom is -0.507 e. The number of sulfonamides is 1. The lowest BCUT2D eigenvalue weighted by Crippen LogP contribution is -2.40. The summed E-state index contributed by atoms with van der Waals surface area (Å²) in [4.78, 5) is 12.5.